The monoisotopic (exact) mass is 674 g/mol. The van der Waals surface area contributed by atoms with Gasteiger partial charge in [-0.2, -0.15) is 0 Å². The maximum absolute atomic E-state index is 5.68. The SMILES string of the molecule is C(=C\c1ccc(-c2nc3c(-c4ccc5ccccc5c4)c4ccccc4c(-c4ccc5ccccc5c4)c3n2-c2ccccc2)cc1)/c1ccccc1. The number of aromatic nitrogens is 2. The van der Waals surface area contributed by atoms with Gasteiger partial charge in [-0.25, -0.2) is 4.98 Å². The highest BCUT2D eigenvalue weighted by Gasteiger charge is 2.25. The van der Waals surface area contributed by atoms with E-state index in [2.05, 4.69) is 205 Å². The fraction of sp³-hybridized carbons (Fsp3) is 0. The summed E-state index contributed by atoms with van der Waals surface area (Å²) in [5.41, 5.74) is 11.2. The van der Waals surface area contributed by atoms with Crippen molar-refractivity contribution in [3.8, 4) is 39.3 Å². The first-order chi connectivity index (χ1) is 26.3. The van der Waals surface area contributed by atoms with Crippen molar-refractivity contribution in [2.45, 2.75) is 0 Å². The molecule has 10 aromatic rings. The second kappa shape index (κ2) is 12.9. The van der Waals surface area contributed by atoms with Crippen LogP contribution in [-0.2, 0) is 0 Å². The molecule has 0 saturated heterocycles. The standard InChI is InChI=1S/C51H34N2/c1-3-13-35(14-4-1)23-24-36-25-27-39(28-26-36)51-52-49-47(42-31-29-37-15-7-9-17-40(37)33-42)45-21-11-12-22-46(45)48(50(49)53(51)44-19-5-2-6-20-44)43-32-30-38-16-8-10-18-41(38)34-43/h1-34H/b24-23+. The zero-order chi connectivity index (χ0) is 35.1. The van der Waals surface area contributed by atoms with Crippen LogP contribution in [0.15, 0.2) is 194 Å². The third kappa shape index (κ3) is 5.49. The van der Waals surface area contributed by atoms with Gasteiger partial charge in [0.15, 0.2) is 0 Å². The maximum atomic E-state index is 5.68. The van der Waals surface area contributed by atoms with E-state index in [9.17, 15) is 0 Å². The predicted octanol–water partition coefficient (Wildman–Crippen LogP) is 13.7. The highest BCUT2D eigenvalue weighted by molar-refractivity contribution is 6.21. The van der Waals surface area contributed by atoms with Gasteiger partial charge in [0, 0.05) is 22.4 Å². The minimum absolute atomic E-state index is 0.907. The van der Waals surface area contributed by atoms with Crippen molar-refractivity contribution in [2.75, 3.05) is 0 Å². The molecular formula is C51H34N2. The minimum atomic E-state index is 0.907. The Bertz CT molecular complexity index is 2970. The molecule has 0 aliphatic carbocycles. The average Bonchev–Trinajstić information content (AvgIpc) is 3.62. The van der Waals surface area contributed by atoms with Gasteiger partial charge in [-0.05, 0) is 78.8 Å². The van der Waals surface area contributed by atoms with Crippen LogP contribution in [0.25, 0.3) is 94.8 Å². The van der Waals surface area contributed by atoms with E-state index < -0.39 is 0 Å². The lowest BCUT2D eigenvalue weighted by Gasteiger charge is -2.18. The third-order valence-electron chi connectivity index (χ3n) is 10.3. The molecular weight excluding hydrogens is 641 g/mol. The number of rotatable bonds is 6. The molecule has 0 N–H and O–H groups in total. The Balaban J connectivity index is 1.30. The van der Waals surface area contributed by atoms with Gasteiger partial charge in [-0.1, -0.05) is 182 Å². The van der Waals surface area contributed by atoms with E-state index in [0.717, 1.165) is 44.8 Å². The van der Waals surface area contributed by atoms with Crippen molar-refractivity contribution in [3.63, 3.8) is 0 Å². The Morgan fingerprint density at radius 3 is 1.47 bits per heavy atom. The van der Waals surface area contributed by atoms with Gasteiger partial charge in [0.1, 0.15) is 5.82 Å². The zero-order valence-corrected chi connectivity index (χ0v) is 29.0. The first-order valence-corrected chi connectivity index (χ1v) is 18.1. The summed E-state index contributed by atoms with van der Waals surface area (Å²) in [7, 11) is 0. The molecule has 0 bridgehead atoms. The van der Waals surface area contributed by atoms with Crippen molar-refractivity contribution in [1.82, 2.24) is 9.55 Å². The second-order valence-electron chi connectivity index (χ2n) is 13.6. The predicted molar refractivity (Wildman–Crippen MR) is 225 cm³/mol. The molecule has 2 heteroatoms. The molecule has 10 rings (SSSR count). The topological polar surface area (TPSA) is 17.8 Å². The number of hydrogen-bond acceptors (Lipinski definition) is 1. The molecule has 53 heavy (non-hydrogen) atoms. The number of hydrogen-bond donors (Lipinski definition) is 0. The average molecular weight is 675 g/mol. The van der Waals surface area contributed by atoms with E-state index in [1.165, 1.54) is 49.0 Å². The van der Waals surface area contributed by atoms with Gasteiger partial charge >= 0.3 is 0 Å². The van der Waals surface area contributed by atoms with Crippen LogP contribution in [0.3, 0.4) is 0 Å². The first kappa shape index (κ1) is 30.8. The lowest BCUT2D eigenvalue weighted by Crippen LogP contribution is -1.99. The van der Waals surface area contributed by atoms with Crippen molar-refractivity contribution in [1.29, 1.82) is 0 Å². The van der Waals surface area contributed by atoms with Gasteiger partial charge in [0.2, 0.25) is 0 Å². The summed E-state index contributed by atoms with van der Waals surface area (Å²) in [5.74, 6) is 0.907. The summed E-state index contributed by atoms with van der Waals surface area (Å²) in [4.78, 5) is 5.68. The molecule has 1 aromatic heterocycles. The van der Waals surface area contributed by atoms with E-state index in [4.69, 9.17) is 4.98 Å². The number of benzene rings is 9. The van der Waals surface area contributed by atoms with Crippen LogP contribution in [0.1, 0.15) is 11.1 Å². The number of para-hydroxylation sites is 1. The molecule has 2 nitrogen and oxygen atoms in total. The number of fused-ring (bicyclic) bond motifs is 4. The largest absolute Gasteiger partial charge is 0.292 e. The Labute approximate surface area is 308 Å². The summed E-state index contributed by atoms with van der Waals surface area (Å²) in [6.07, 6.45) is 4.33. The Kier molecular flexibility index (Phi) is 7.51. The van der Waals surface area contributed by atoms with E-state index in [0.29, 0.717) is 0 Å². The Morgan fingerprint density at radius 2 is 0.849 bits per heavy atom. The number of imidazole rings is 1. The fourth-order valence-electron chi connectivity index (χ4n) is 7.80. The van der Waals surface area contributed by atoms with Crippen LogP contribution in [-0.4, -0.2) is 9.55 Å². The maximum Gasteiger partial charge on any atom is 0.145 e. The summed E-state index contributed by atoms with van der Waals surface area (Å²) >= 11 is 0. The minimum Gasteiger partial charge on any atom is -0.292 e. The van der Waals surface area contributed by atoms with Gasteiger partial charge in [-0.3, -0.25) is 4.57 Å². The van der Waals surface area contributed by atoms with E-state index >= 15 is 0 Å². The van der Waals surface area contributed by atoms with E-state index in [1.54, 1.807) is 0 Å². The highest BCUT2D eigenvalue weighted by atomic mass is 15.1. The van der Waals surface area contributed by atoms with Gasteiger partial charge in [0.05, 0.1) is 11.0 Å². The Hall–Kier alpha value is -7.03. The molecule has 0 spiro atoms. The van der Waals surface area contributed by atoms with Crippen molar-refractivity contribution < 1.29 is 0 Å². The lowest BCUT2D eigenvalue weighted by molar-refractivity contribution is 1.10. The summed E-state index contributed by atoms with van der Waals surface area (Å²) in [6, 6.07) is 69.6. The zero-order valence-electron chi connectivity index (χ0n) is 29.0. The van der Waals surface area contributed by atoms with Crippen molar-refractivity contribution in [2.24, 2.45) is 0 Å². The molecule has 0 fully saturated rings. The third-order valence-corrected chi connectivity index (χ3v) is 10.3. The molecule has 0 amide bonds. The van der Waals surface area contributed by atoms with Crippen LogP contribution in [0.2, 0.25) is 0 Å². The molecule has 9 aromatic carbocycles. The molecule has 0 aliphatic rings. The van der Waals surface area contributed by atoms with Crippen LogP contribution >= 0.6 is 0 Å². The first-order valence-electron chi connectivity index (χ1n) is 18.1. The molecule has 0 atom stereocenters. The van der Waals surface area contributed by atoms with Crippen molar-refractivity contribution in [3.05, 3.63) is 205 Å². The quantitative estimate of drug-likeness (QED) is 0.161. The smallest absolute Gasteiger partial charge is 0.145 e. The number of nitrogens with zero attached hydrogens (tertiary/aromatic N) is 2. The molecule has 248 valence electrons. The van der Waals surface area contributed by atoms with Gasteiger partial charge < -0.3 is 0 Å². The van der Waals surface area contributed by atoms with Crippen LogP contribution in [0.5, 0.6) is 0 Å². The van der Waals surface area contributed by atoms with Crippen LogP contribution in [0.4, 0.5) is 0 Å². The summed E-state index contributed by atoms with van der Waals surface area (Å²) in [6.45, 7) is 0. The molecule has 0 radical (unpaired) electrons. The molecule has 0 unspecified atom stereocenters. The molecule has 0 aliphatic heterocycles. The van der Waals surface area contributed by atoms with Crippen LogP contribution < -0.4 is 0 Å². The Morgan fingerprint density at radius 1 is 0.377 bits per heavy atom. The van der Waals surface area contributed by atoms with E-state index in [1.807, 2.05) is 6.07 Å². The fourth-order valence-corrected chi connectivity index (χ4v) is 7.80. The lowest BCUT2D eigenvalue weighted by atomic mass is 9.89. The summed E-state index contributed by atoms with van der Waals surface area (Å²) in [5, 5.41) is 7.26. The van der Waals surface area contributed by atoms with Crippen LogP contribution in [0, 0.1) is 0 Å². The second-order valence-corrected chi connectivity index (χ2v) is 13.6. The highest BCUT2D eigenvalue weighted by Crippen LogP contribution is 2.46. The summed E-state index contributed by atoms with van der Waals surface area (Å²) < 4.78 is 2.38. The normalized spacial score (nSPS) is 11.7. The molecule has 0 saturated carbocycles. The van der Waals surface area contributed by atoms with E-state index in [-0.39, 0.29) is 0 Å². The van der Waals surface area contributed by atoms with Gasteiger partial charge in [-0.15, -0.1) is 0 Å². The van der Waals surface area contributed by atoms with Gasteiger partial charge in [0.25, 0.3) is 0 Å². The molecule has 1 heterocycles. The van der Waals surface area contributed by atoms with Crippen molar-refractivity contribution >= 4 is 55.5 Å².